The quantitative estimate of drug-likeness (QED) is 0.693. The third-order valence-corrected chi connectivity index (χ3v) is 7.62. The Morgan fingerprint density at radius 3 is 2.82 bits per heavy atom. The van der Waals surface area contributed by atoms with E-state index in [1.165, 1.54) is 44.9 Å². The average molecular weight is 298 g/mol. The van der Waals surface area contributed by atoms with Crippen molar-refractivity contribution >= 4 is 0 Å². The molecule has 1 aromatic rings. The fraction of sp³-hybridized carbons (Fsp3) is 0.714. The molecule has 0 N–H and O–H groups in total. The lowest BCUT2D eigenvalue weighted by molar-refractivity contribution is 0.0273. The molecule has 0 bridgehead atoms. The maximum Gasteiger partial charge on any atom is 0.119 e. The molecule has 1 nitrogen and oxygen atoms in total. The van der Waals surface area contributed by atoms with Crippen molar-refractivity contribution < 1.29 is 4.74 Å². The van der Waals surface area contributed by atoms with E-state index in [2.05, 4.69) is 32.0 Å². The molecule has 2 fully saturated rings. The molecule has 2 saturated carbocycles. The minimum absolute atomic E-state index is 0.639. The highest BCUT2D eigenvalue weighted by Gasteiger charge is 2.53. The second-order valence-electron chi connectivity index (χ2n) is 8.21. The molecular weight excluding hydrogens is 268 g/mol. The Balaban J connectivity index is 1.66. The highest BCUT2D eigenvalue weighted by Crippen LogP contribution is 2.63. The summed E-state index contributed by atoms with van der Waals surface area (Å²) in [5.41, 5.74) is 3.85. The largest absolute Gasteiger partial charge is 0.497 e. The predicted octanol–water partition coefficient (Wildman–Crippen LogP) is 5.58. The Kier molecular flexibility index (Phi) is 3.51. The molecule has 1 aromatic carbocycles. The first kappa shape index (κ1) is 14.6. The molecule has 5 atom stereocenters. The standard InChI is InChI=1S/C21H30O/c1-4-15-6-10-20-19-8-5-14-13-16(22-3)7-9-17(14)18(19)11-12-21(15,20)2/h7,9,13,15,18-20H,4-6,8,10-12H2,1-3H3. The van der Waals surface area contributed by atoms with Crippen LogP contribution < -0.4 is 4.74 Å². The zero-order valence-corrected chi connectivity index (χ0v) is 14.4. The summed E-state index contributed by atoms with van der Waals surface area (Å²) >= 11 is 0. The Labute approximate surface area is 135 Å². The topological polar surface area (TPSA) is 9.23 Å². The van der Waals surface area contributed by atoms with Gasteiger partial charge in [0.05, 0.1) is 7.11 Å². The lowest BCUT2D eigenvalue weighted by Gasteiger charge is -2.51. The van der Waals surface area contributed by atoms with Gasteiger partial charge in [-0.05, 0) is 90.9 Å². The molecule has 3 aliphatic carbocycles. The summed E-state index contributed by atoms with van der Waals surface area (Å²) in [5.74, 6) is 4.76. The Morgan fingerprint density at radius 2 is 2.05 bits per heavy atom. The van der Waals surface area contributed by atoms with E-state index >= 15 is 0 Å². The molecule has 22 heavy (non-hydrogen) atoms. The van der Waals surface area contributed by atoms with Crippen LogP contribution in [0.25, 0.3) is 0 Å². The third kappa shape index (κ3) is 1.97. The predicted molar refractivity (Wildman–Crippen MR) is 91.4 cm³/mol. The average Bonchev–Trinajstić information content (AvgIpc) is 2.90. The van der Waals surface area contributed by atoms with Crippen molar-refractivity contribution in [3.63, 3.8) is 0 Å². The van der Waals surface area contributed by atoms with Crippen molar-refractivity contribution in [2.24, 2.45) is 23.2 Å². The molecule has 0 aromatic heterocycles. The van der Waals surface area contributed by atoms with Crippen LogP contribution in [0, 0.1) is 23.2 Å². The van der Waals surface area contributed by atoms with E-state index in [4.69, 9.17) is 4.74 Å². The van der Waals surface area contributed by atoms with E-state index in [9.17, 15) is 0 Å². The van der Waals surface area contributed by atoms with Gasteiger partial charge >= 0.3 is 0 Å². The summed E-state index contributed by atoms with van der Waals surface area (Å²) < 4.78 is 5.43. The van der Waals surface area contributed by atoms with E-state index in [1.807, 2.05) is 0 Å². The monoisotopic (exact) mass is 298 g/mol. The summed E-state index contributed by atoms with van der Waals surface area (Å²) in [6.07, 6.45) is 9.88. The molecule has 120 valence electrons. The zero-order valence-electron chi connectivity index (χ0n) is 14.4. The minimum atomic E-state index is 0.639. The van der Waals surface area contributed by atoms with Crippen LogP contribution in [-0.2, 0) is 6.42 Å². The number of methoxy groups -OCH3 is 1. The van der Waals surface area contributed by atoms with Crippen LogP contribution in [0.15, 0.2) is 18.2 Å². The number of rotatable bonds is 2. The molecule has 0 radical (unpaired) electrons. The molecule has 0 spiro atoms. The molecule has 0 saturated heterocycles. The van der Waals surface area contributed by atoms with Gasteiger partial charge in [-0.1, -0.05) is 26.3 Å². The number of ether oxygens (including phenoxy) is 1. The van der Waals surface area contributed by atoms with Crippen LogP contribution in [0.1, 0.15) is 69.4 Å². The summed E-state index contributed by atoms with van der Waals surface area (Å²) in [6.45, 7) is 5.03. The van der Waals surface area contributed by atoms with Gasteiger partial charge in [0.25, 0.3) is 0 Å². The molecule has 0 aliphatic heterocycles. The third-order valence-electron chi connectivity index (χ3n) is 7.62. The SMILES string of the molecule is CCC1CCC2C3CCc4cc(OC)ccc4C3CCC12C. The highest BCUT2D eigenvalue weighted by molar-refractivity contribution is 5.40. The number of hydrogen-bond donors (Lipinski definition) is 0. The summed E-state index contributed by atoms with van der Waals surface area (Å²) in [5, 5.41) is 0. The Morgan fingerprint density at radius 1 is 1.18 bits per heavy atom. The number of aryl methyl sites for hydroxylation is 1. The number of hydrogen-bond acceptors (Lipinski definition) is 1. The second-order valence-corrected chi connectivity index (χ2v) is 8.21. The van der Waals surface area contributed by atoms with E-state index in [-0.39, 0.29) is 0 Å². The van der Waals surface area contributed by atoms with Crippen LogP contribution >= 0.6 is 0 Å². The van der Waals surface area contributed by atoms with Gasteiger partial charge in [0.2, 0.25) is 0 Å². The van der Waals surface area contributed by atoms with Crippen molar-refractivity contribution in [1.29, 1.82) is 0 Å². The van der Waals surface area contributed by atoms with Crippen LogP contribution in [0.5, 0.6) is 5.75 Å². The van der Waals surface area contributed by atoms with Crippen molar-refractivity contribution in [2.75, 3.05) is 7.11 Å². The molecule has 0 heterocycles. The van der Waals surface area contributed by atoms with Gasteiger partial charge in [0.1, 0.15) is 5.75 Å². The van der Waals surface area contributed by atoms with Gasteiger partial charge in [0, 0.05) is 0 Å². The highest BCUT2D eigenvalue weighted by atomic mass is 16.5. The maximum absolute atomic E-state index is 5.43. The first-order valence-electron chi connectivity index (χ1n) is 9.34. The molecular formula is C21H30O. The van der Waals surface area contributed by atoms with E-state index in [0.717, 1.165) is 29.4 Å². The Bertz CT molecular complexity index is 563. The summed E-state index contributed by atoms with van der Waals surface area (Å²) in [6, 6.07) is 6.85. The fourth-order valence-corrected chi connectivity index (χ4v) is 6.47. The zero-order chi connectivity index (χ0) is 15.3. The fourth-order valence-electron chi connectivity index (χ4n) is 6.47. The molecule has 1 heteroatoms. The summed E-state index contributed by atoms with van der Waals surface area (Å²) in [7, 11) is 1.78. The van der Waals surface area contributed by atoms with Crippen molar-refractivity contribution in [3.8, 4) is 5.75 Å². The lowest BCUT2D eigenvalue weighted by atomic mass is 9.54. The number of benzene rings is 1. The normalized spacial score (nSPS) is 39.8. The number of fused-ring (bicyclic) bond motifs is 5. The molecule has 4 rings (SSSR count). The van der Waals surface area contributed by atoms with Crippen LogP contribution in [0.2, 0.25) is 0 Å². The van der Waals surface area contributed by atoms with Gasteiger partial charge in [-0.15, -0.1) is 0 Å². The summed E-state index contributed by atoms with van der Waals surface area (Å²) in [4.78, 5) is 0. The van der Waals surface area contributed by atoms with E-state index < -0.39 is 0 Å². The molecule has 0 amide bonds. The molecule has 3 aliphatic rings. The van der Waals surface area contributed by atoms with Crippen molar-refractivity contribution in [3.05, 3.63) is 29.3 Å². The van der Waals surface area contributed by atoms with Gasteiger partial charge < -0.3 is 4.74 Å². The van der Waals surface area contributed by atoms with Gasteiger partial charge in [-0.25, -0.2) is 0 Å². The van der Waals surface area contributed by atoms with E-state index in [1.54, 1.807) is 18.2 Å². The first-order valence-corrected chi connectivity index (χ1v) is 9.34. The van der Waals surface area contributed by atoms with Gasteiger partial charge in [-0.3, -0.25) is 0 Å². The van der Waals surface area contributed by atoms with Crippen molar-refractivity contribution in [2.45, 2.75) is 64.7 Å². The maximum atomic E-state index is 5.43. The van der Waals surface area contributed by atoms with Gasteiger partial charge in [0.15, 0.2) is 0 Å². The lowest BCUT2D eigenvalue weighted by Crippen LogP contribution is -2.42. The van der Waals surface area contributed by atoms with Crippen molar-refractivity contribution in [1.82, 2.24) is 0 Å². The van der Waals surface area contributed by atoms with E-state index in [0.29, 0.717) is 5.41 Å². The van der Waals surface area contributed by atoms with Gasteiger partial charge in [-0.2, -0.15) is 0 Å². The van der Waals surface area contributed by atoms with Crippen LogP contribution in [0.3, 0.4) is 0 Å². The first-order chi connectivity index (χ1) is 10.7. The minimum Gasteiger partial charge on any atom is -0.497 e. The smallest absolute Gasteiger partial charge is 0.119 e. The Hall–Kier alpha value is -0.980. The van der Waals surface area contributed by atoms with Crippen LogP contribution in [-0.4, -0.2) is 7.11 Å². The van der Waals surface area contributed by atoms with Crippen LogP contribution in [0.4, 0.5) is 0 Å². The molecule has 5 unspecified atom stereocenters. The second kappa shape index (κ2) is 5.28.